The summed E-state index contributed by atoms with van der Waals surface area (Å²) in [6, 6.07) is 0. The Kier molecular flexibility index (Phi) is 10.7. The van der Waals surface area contributed by atoms with E-state index in [1.807, 2.05) is 13.8 Å². The molecule has 7 aliphatic rings. The quantitative estimate of drug-likeness (QED) is 0.170. The van der Waals surface area contributed by atoms with Crippen molar-refractivity contribution in [3.8, 4) is 0 Å². The largest absolute Gasteiger partial charge is 0.481 e. The Bertz CT molecular complexity index is 1740. The Morgan fingerprint density at radius 1 is 0.875 bits per heavy atom. The predicted octanol–water partition coefficient (Wildman–Crippen LogP) is 6.31. The minimum atomic E-state index is -2.93. The van der Waals surface area contributed by atoms with E-state index in [4.69, 9.17) is 4.74 Å². The molecule has 0 amide bonds. The SMILES string of the molecule is CC(C)C1=C2[C@H]3CC[C@@H]4[C@@]5(C)CC[C@H](OC(=O)[C@H]6C[C@@H](C(=O)O)C6(C)C)C(C)(C)[C@@H]5CC[C@@]4(C)[C@]3(C)CC[C@@]2([C@@H](O)CNCCN2CCS(=O)(=O)CC2)CC1=O. The number of ketones is 1. The molecule has 1 heterocycles. The lowest BCUT2D eigenvalue weighted by Gasteiger charge is -2.72. The highest BCUT2D eigenvalue weighted by Crippen LogP contribution is 2.77. The van der Waals surface area contributed by atoms with E-state index in [0.717, 1.165) is 63.5 Å². The van der Waals surface area contributed by atoms with Crippen LogP contribution in [-0.2, 0) is 29.0 Å². The molecule has 0 radical (unpaired) electrons. The number of esters is 1. The number of carbonyl (C=O) groups is 3. The van der Waals surface area contributed by atoms with Gasteiger partial charge in [-0.15, -0.1) is 0 Å². The van der Waals surface area contributed by atoms with Crippen LogP contribution in [-0.4, -0.2) is 97.7 Å². The van der Waals surface area contributed by atoms with E-state index in [9.17, 15) is 33.0 Å². The fourth-order valence-corrected chi connectivity index (χ4v) is 16.2. The summed E-state index contributed by atoms with van der Waals surface area (Å²) in [5, 5.41) is 25.3. The molecular weight excluding hydrogens is 729 g/mol. The summed E-state index contributed by atoms with van der Waals surface area (Å²) in [7, 11) is -2.93. The van der Waals surface area contributed by atoms with Crippen LogP contribution in [0.2, 0.25) is 0 Å². The molecule has 11 heteroatoms. The molecule has 1 saturated heterocycles. The number of carboxylic acid groups (broad SMARTS) is 1. The van der Waals surface area contributed by atoms with Crippen molar-refractivity contribution in [1.29, 1.82) is 0 Å². The lowest BCUT2D eigenvalue weighted by Crippen LogP contribution is -2.66. The Morgan fingerprint density at radius 3 is 2.18 bits per heavy atom. The Morgan fingerprint density at radius 2 is 1.55 bits per heavy atom. The number of sulfone groups is 1. The number of ether oxygens (including phenoxy) is 1. The van der Waals surface area contributed by atoms with Crippen LogP contribution in [0.5, 0.6) is 0 Å². The molecule has 7 rings (SSSR count). The highest BCUT2D eigenvalue weighted by Gasteiger charge is 2.71. The summed E-state index contributed by atoms with van der Waals surface area (Å²) in [5.74, 6) is -0.156. The van der Waals surface area contributed by atoms with Crippen molar-refractivity contribution >= 4 is 27.6 Å². The van der Waals surface area contributed by atoms with E-state index in [0.29, 0.717) is 50.9 Å². The zero-order valence-corrected chi connectivity index (χ0v) is 36.7. The van der Waals surface area contributed by atoms with Crippen molar-refractivity contribution < 1.29 is 37.8 Å². The molecule has 6 aliphatic carbocycles. The van der Waals surface area contributed by atoms with Gasteiger partial charge in [-0.05, 0) is 109 Å². The fraction of sp³-hybridized carbons (Fsp3) is 0.889. The number of nitrogens with one attached hydrogen (secondary N) is 1. The third-order valence-electron chi connectivity index (χ3n) is 18.5. The Labute approximate surface area is 336 Å². The average Bonchev–Trinajstić information content (AvgIpc) is 3.41. The molecule has 56 heavy (non-hydrogen) atoms. The van der Waals surface area contributed by atoms with Crippen LogP contribution < -0.4 is 5.32 Å². The van der Waals surface area contributed by atoms with Gasteiger partial charge < -0.3 is 25.2 Å². The summed E-state index contributed by atoms with van der Waals surface area (Å²) < 4.78 is 30.2. The Hall–Kier alpha value is -1.82. The third-order valence-corrected chi connectivity index (χ3v) is 20.2. The number of aliphatic hydroxyl groups is 1. The average molecular weight is 801 g/mol. The van der Waals surface area contributed by atoms with Crippen molar-refractivity contribution in [3.63, 3.8) is 0 Å². The zero-order valence-electron chi connectivity index (χ0n) is 35.8. The van der Waals surface area contributed by atoms with Gasteiger partial charge in [0, 0.05) is 50.0 Å². The van der Waals surface area contributed by atoms with E-state index in [1.165, 1.54) is 5.57 Å². The summed E-state index contributed by atoms with van der Waals surface area (Å²) in [5.41, 5.74) is 0.933. The number of carbonyl (C=O) groups excluding carboxylic acids is 2. The number of aliphatic hydroxyl groups excluding tert-OH is 1. The molecule has 6 fully saturated rings. The summed E-state index contributed by atoms with van der Waals surface area (Å²) in [6.07, 6.45) is 7.66. The van der Waals surface area contributed by atoms with Crippen LogP contribution >= 0.6 is 0 Å². The van der Waals surface area contributed by atoms with E-state index in [2.05, 4.69) is 58.7 Å². The monoisotopic (exact) mass is 801 g/mol. The van der Waals surface area contributed by atoms with Crippen molar-refractivity contribution in [2.45, 2.75) is 139 Å². The molecule has 0 unspecified atom stereocenters. The maximum atomic E-state index is 14.1. The second-order valence-electron chi connectivity index (χ2n) is 21.9. The number of rotatable bonds is 10. The first-order valence-corrected chi connectivity index (χ1v) is 23.8. The minimum absolute atomic E-state index is 0.0286. The smallest absolute Gasteiger partial charge is 0.309 e. The molecular formula is C45H72N2O8S. The normalized spacial score (nSPS) is 43.2. The predicted molar refractivity (Wildman–Crippen MR) is 216 cm³/mol. The second kappa shape index (κ2) is 14.1. The number of allylic oxidation sites excluding steroid dienone is 1. The summed E-state index contributed by atoms with van der Waals surface area (Å²) in [4.78, 5) is 41.6. The number of nitrogens with zero attached hydrogens (tertiary/aromatic N) is 1. The maximum Gasteiger partial charge on any atom is 0.309 e. The molecule has 11 atom stereocenters. The van der Waals surface area contributed by atoms with Gasteiger partial charge >= 0.3 is 11.9 Å². The molecule has 5 saturated carbocycles. The fourth-order valence-electron chi connectivity index (χ4n) is 14.9. The lowest BCUT2D eigenvalue weighted by atomic mass is 9.33. The van der Waals surface area contributed by atoms with Gasteiger partial charge in [-0.1, -0.05) is 67.9 Å². The van der Waals surface area contributed by atoms with Crippen molar-refractivity contribution in [2.75, 3.05) is 44.2 Å². The summed E-state index contributed by atoms with van der Waals surface area (Å²) >= 11 is 0. The van der Waals surface area contributed by atoms with Gasteiger partial charge in [0.15, 0.2) is 15.6 Å². The van der Waals surface area contributed by atoms with E-state index < -0.39 is 38.7 Å². The van der Waals surface area contributed by atoms with Crippen LogP contribution in [0.1, 0.15) is 127 Å². The zero-order chi connectivity index (χ0) is 41.0. The van der Waals surface area contributed by atoms with Gasteiger partial charge in [-0.2, -0.15) is 0 Å². The number of hydrogen-bond donors (Lipinski definition) is 3. The molecule has 10 nitrogen and oxygen atoms in total. The number of hydrogen-bond acceptors (Lipinski definition) is 9. The van der Waals surface area contributed by atoms with Crippen LogP contribution in [0.15, 0.2) is 11.1 Å². The van der Waals surface area contributed by atoms with Gasteiger partial charge in [0.1, 0.15) is 6.10 Å². The number of carboxylic acids is 1. The number of fused-ring (bicyclic) bond motifs is 7. The molecule has 0 aromatic heterocycles. The molecule has 0 aromatic carbocycles. The lowest BCUT2D eigenvalue weighted by molar-refractivity contribution is -0.238. The summed E-state index contributed by atoms with van der Waals surface area (Å²) in [6.45, 7) is 23.2. The second-order valence-corrected chi connectivity index (χ2v) is 24.2. The van der Waals surface area contributed by atoms with Gasteiger partial charge in [0.2, 0.25) is 0 Å². The van der Waals surface area contributed by atoms with Crippen LogP contribution in [0, 0.1) is 68.0 Å². The molecule has 0 spiro atoms. The highest BCUT2D eigenvalue weighted by atomic mass is 32.2. The maximum absolute atomic E-state index is 14.1. The van der Waals surface area contributed by atoms with E-state index >= 15 is 0 Å². The van der Waals surface area contributed by atoms with Crippen molar-refractivity contribution in [1.82, 2.24) is 10.2 Å². The minimum Gasteiger partial charge on any atom is -0.481 e. The van der Waals surface area contributed by atoms with Gasteiger partial charge in [-0.3, -0.25) is 14.4 Å². The van der Waals surface area contributed by atoms with Crippen LogP contribution in [0.4, 0.5) is 0 Å². The third kappa shape index (κ3) is 6.31. The number of aliphatic carboxylic acids is 1. The van der Waals surface area contributed by atoms with Crippen LogP contribution in [0.3, 0.4) is 0 Å². The van der Waals surface area contributed by atoms with Crippen molar-refractivity contribution in [2.24, 2.45) is 68.0 Å². The Balaban J connectivity index is 1.09. The standard InChI is InChI=1S/C45H72N2O8S/c1-27(2)36-31(48)25-45(34(49)26-46-18-19-47-20-22-56(53,54)23-21-47)17-16-43(8)28(37(36)45)10-11-33-42(7)14-13-35(41(5,6)32(42)12-15-44(33,43)9)55-39(52)30-24-29(38(50)51)40(30,3)4/h27-30,32-35,46,49H,10-26H2,1-9H3,(H,50,51)/t28-,29+,30-,32+,33-,34+,35+,42+,43-,44-,45+/m1/s1. The van der Waals surface area contributed by atoms with Gasteiger partial charge in [0.25, 0.3) is 0 Å². The molecule has 0 bridgehead atoms. The van der Waals surface area contributed by atoms with Gasteiger partial charge in [0.05, 0.1) is 29.4 Å². The first-order chi connectivity index (χ1) is 26.0. The number of Topliss-reactive ketones (excluding diaryl/α,β-unsaturated/α-hetero) is 1. The molecule has 0 aromatic rings. The molecule has 1 aliphatic heterocycles. The molecule has 316 valence electrons. The first-order valence-electron chi connectivity index (χ1n) is 22.0. The highest BCUT2D eigenvalue weighted by molar-refractivity contribution is 7.91. The first kappa shape index (κ1) is 42.3. The van der Waals surface area contributed by atoms with Crippen LogP contribution in [0.25, 0.3) is 0 Å². The van der Waals surface area contributed by atoms with E-state index in [1.54, 1.807) is 0 Å². The molecule has 3 N–H and O–H groups in total. The van der Waals surface area contributed by atoms with Gasteiger partial charge in [-0.25, -0.2) is 8.42 Å². The van der Waals surface area contributed by atoms with Crippen molar-refractivity contribution in [3.05, 3.63) is 11.1 Å². The topological polar surface area (TPSA) is 150 Å². The van der Waals surface area contributed by atoms with E-state index in [-0.39, 0.29) is 68.8 Å².